The van der Waals surface area contributed by atoms with Crippen LogP contribution in [0.4, 0.5) is 0 Å². The molecule has 3 aromatic rings. The van der Waals surface area contributed by atoms with E-state index in [1.54, 1.807) is 86.0 Å². The number of methoxy groups -OCH3 is 1. The summed E-state index contributed by atoms with van der Waals surface area (Å²) in [7, 11) is 1.58. The summed E-state index contributed by atoms with van der Waals surface area (Å²) in [4.78, 5) is 28.9. The first kappa shape index (κ1) is 20.6. The summed E-state index contributed by atoms with van der Waals surface area (Å²) in [6.07, 6.45) is 1.58. The van der Waals surface area contributed by atoms with Crippen LogP contribution in [0.15, 0.2) is 88.0 Å². The van der Waals surface area contributed by atoms with Crippen molar-refractivity contribution in [1.82, 2.24) is 0 Å². The van der Waals surface area contributed by atoms with Crippen molar-refractivity contribution in [2.75, 3.05) is 7.11 Å². The Morgan fingerprint density at radius 2 is 1.74 bits per heavy atom. The molecule has 0 saturated carbocycles. The molecule has 0 bridgehead atoms. The number of halogens is 1. The number of rotatable bonds is 5. The van der Waals surface area contributed by atoms with Gasteiger partial charge in [0.2, 0.25) is 5.90 Å². The summed E-state index contributed by atoms with van der Waals surface area (Å²) in [6, 6.07) is 20.7. The van der Waals surface area contributed by atoms with Crippen LogP contribution in [0.3, 0.4) is 0 Å². The fraction of sp³-hybridized carbons (Fsp3) is 0.0417. The maximum Gasteiger partial charge on any atom is 0.363 e. The van der Waals surface area contributed by atoms with Crippen molar-refractivity contribution in [2.24, 2.45) is 4.99 Å². The van der Waals surface area contributed by atoms with Crippen LogP contribution in [0.1, 0.15) is 21.5 Å². The first-order valence-corrected chi connectivity index (χ1v) is 10.1. The average molecular weight is 478 g/mol. The molecule has 7 heteroatoms. The van der Waals surface area contributed by atoms with Crippen LogP contribution in [0.5, 0.6) is 11.5 Å². The second-order valence-corrected chi connectivity index (χ2v) is 7.45. The highest BCUT2D eigenvalue weighted by atomic mass is 79.9. The molecule has 1 aliphatic rings. The summed E-state index contributed by atoms with van der Waals surface area (Å²) in [5, 5.41) is 0. The Morgan fingerprint density at radius 1 is 1.00 bits per heavy atom. The van der Waals surface area contributed by atoms with Crippen molar-refractivity contribution in [2.45, 2.75) is 0 Å². The van der Waals surface area contributed by atoms with Crippen molar-refractivity contribution in [3.05, 3.63) is 99.7 Å². The summed E-state index contributed by atoms with van der Waals surface area (Å²) >= 11 is 3.33. The maximum atomic E-state index is 12.3. The Balaban J connectivity index is 1.53. The van der Waals surface area contributed by atoms with E-state index in [1.807, 2.05) is 0 Å². The van der Waals surface area contributed by atoms with E-state index in [2.05, 4.69) is 20.9 Å². The molecule has 1 aliphatic heterocycles. The lowest BCUT2D eigenvalue weighted by atomic mass is 10.2. The van der Waals surface area contributed by atoms with Crippen LogP contribution < -0.4 is 9.47 Å². The molecule has 0 saturated heterocycles. The summed E-state index contributed by atoms with van der Waals surface area (Å²) in [5.41, 5.74) is 1.89. The number of carbonyl (C=O) groups is 2. The largest absolute Gasteiger partial charge is 0.497 e. The Labute approximate surface area is 186 Å². The monoisotopic (exact) mass is 477 g/mol. The molecule has 6 nitrogen and oxygen atoms in total. The number of hydrogen-bond donors (Lipinski definition) is 0. The van der Waals surface area contributed by atoms with E-state index >= 15 is 0 Å². The van der Waals surface area contributed by atoms with Gasteiger partial charge >= 0.3 is 11.9 Å². The molecule has 154 valence electrons. The Morgan fingerprint density at radius 3 is 2.45 bits per heavy atom. The van der Waals surface area contributed by atoms with E-state index in [9.17, 15) is 9.59 Å². The zero-order valence-corrected chi connectivity index (χ0v) is 18.0. The summed E-state index contributed by atoms with van der Waals surface area (Å²) in [5.74, 6) is 0.240. The molecule has 0 radical (unpaired) electrons. The van der Waals surface area contributed by atoms with Crippen molar-refractivity contribution in [3.8, 4) is 11.5 Å². The highest BCUT2D eigenvalue weighted by molar-refractivity contribution is 9.10. The van der Waals surface area contributed by atoms with E-state index in [-0.39, 0.29) is 11.6 Å². The molecule has 1 heterocycles. The molecule has 0 aliphatic carbocycles. The lowest BCUT2D eigenvalue weighted by Gasteiger charge is -2.05. The fourth-order valence-corrected chi connectivity index (χ4v) is 3.11. The van der Waals surface area contributed by atoms with Gasteiger partial charge in [0.1, 0.15) is 11.5 Å². The highest BCUT2D eigenvalue weighted by Crippen LogP contribution is 2.23. The van der Waals surface area contributed by atoms with Gasteiger partial charge in [0.05, 0.1) is 12.7 Å². The van der Waals surface area contributed by atoms with Gasteiger partial charge < -0.3 is 14.2 Å². The summed E-state index contributed by atoms with van der Waals surface area (Å²) in [6.45, 7) is 0. The number of hydrogen-bond acceptors (Lipinski definition) is 6. The van der Waals surface area contributed by atoms with Gasteiger partial charge in [0.25, 0.3) is 0 Å². The predicted molar refractivity (Wildman–Crippen MR) is 119 cm³/mol. The number of esters is 2. The summed E-state index contributed by atoms with van der Waals surface area (Å²) < 4.78 is 16.7. The first-order valence-electron chi connectivity index (χ1n) is 9.26. The minimum atomic E-state index is -0.553. The average Bonchev–Trinajstić information content (AvgIpc) is 3.14. The SMILES string of the molecule is COc1ccc(C2=N/C(=C/c3cccc(OC(=O)c4ccc(Br)cc4)c3)C(=O)O2)cc1. The predicted octanol–water partition coefficient (Wildman–Crippen LogP) is 5.02. The Bertz CT molecular complexity index is 1200. The molecule has 0 spiro atoms. The van der Waals surface area contributed by atoms with Crippen molar-refractivity contribution in [1.29, 1.82) is 0 Å². The lowest BCUT2D eigenvalue weighted by Crippen LogP contribution is -2.08. The minimum absolute atomic E-state index is 0.155. The van der Waals surface area contributed by atoms with Crippen molar-refractivity contribution < 1.29 is 23.8 Å². The number of benzene rings is 3. The topological polar surface area (TPSA) is 74.2 Å². The number of nitrogens with zero attached hydrogens (tertiary/aromatic N) is 1. The van der Waals surface area contributed by atoms with Gasteiger partial charge in [0.15, 0.2) is 5.70 Å². The van der Waals surface area contributed by atoms with E-state index < -0.39 is 11.9 Å². The zero-order chi connectivity index (χ0) is 21.8. The molecule has 0 amide bonds. The van der Waals surface area contributed by atoms with Gasteiger partial charge in [-0.25, -0.2) is 14.6 Å². The number of ether oxygens (including phenoxy) is 3. The zero-order valence-electron chi connectivity index (χ0n) is 16.4. The van der Waals surface area contributed by atoms with Gasteiger partial charge in [-0.1, -0.05) is 28.1 Å². The molecular weight excluding hydrogens is 462 g/mol. The molecule has 0 N–H and O–H groups in total. The second kappa shape index (κ2) is 8.97. The Kier molecular flexibility index (Phi) is 5.95. The highest BCUT2D eigenvalue weighted by Gasteiger charge is 2.24. The van der Waals surface area contributed by atoms with Crippen LogP contribution in [0, 0.1) is 0 Å². The van der Waals surface area contributed by atoms with Crippen LogP contribution in [-0.4, -0.2) is 24.9 Å². The van der Waals surface area contributed by atoms with Gasteiger partial charge in [0, 0.05) is 10.0 Å². The quantitative estimate of drug-likeness (QED) is 0.293. The van der Waals surface area contributed by atoms with Crippen LogP contribution in [0.25, 0.3) is 6.08 Å². The molecule has 0 unspecified atom stereocenters. The van der Waals surface area contributed by atoms with Crippen LogP contribution >= 0.6 is 15.9 Å². The number of cyclic esters (lactones) is 1. The Hall–Kier alpha value is -3.71. The number of carbonyl (C=O) groups excluding carboxylic acids is 2. The van der Waals surface area contributed by atoms with Crippen LogP contribution in [0.2, 0.25) is 0 Å². The minimum Gasteiger partial charge on any atom is -0.497 e. The van der Waals surface area contributed by atoms with E-state index in [1.165, 1.54) is 0 Å². The lowest BCUT2D eigenvalue weighted by molar-refractivity contribution is -0.129. The van der Waals surface area contributed by atoms with Gasteiger partial charge in [-0.3, -0.25) is 0 Å². The molecule has 0 fully saturated rings. The second-order valence-electron chi connectivity index (χ2n) is 6.53. The normalized spacial score (nSPS) is 14.2. The third-order valence-corrected chi connectivity index (χ3v) is 4.94. The van der Waals surface area contributed by atoms with E-state index in [0.29, 0.717) is 28.2 Å². The first-order chi connectivity index (χ1) is 15.0. The maximum absolute atomic E-state index is 12.3. The number of aliphatic imine (C=N–C) groups is 1. The molecule has 0 atom stereocenters. The smallest absolute Gasteiger partial charge is 0.363 e. The fourth-order valence-electron chi connectivity index (χ4n) is 2.84. The van der Waals surface area contributed by atoms with Gasteiger partial charge in [-0.15, -0.1) is 0 Å². The molecule has 31 heavy (non-hydrogen) atoms. The molecule has 4 rings (SSSR count). The van der Waals surface area contributed by atoms with Gasteiger partial charge in [-0.2, -0.15) is 0 Å². The van der Waals surface area contributed by atoms with Crippen molar-refractivity contribution in [3.63, 3.8) is 0 Å². The standard InChI is InChI=1S/C24H16BrNO5/c1-29-19-11-7-16(8-12-19)22-26-21(24(28)31-22)14-15-3-2-4-20(13-15)30-23(27)17-5-9-18(25)10-6-17/h2-14H,1H3/b21-14+. The molecular formula is C24H16BrNO5. The molecule has 0 aromatic heterocycles. The third kappa shape index (κ3) is 4.90. The van der Waals surface area contributed by atoms with Gasteiger partial charge in [-0.05, 0) is 72.3 Å². The van der Waals surface area contributed by atoms with E-state index in [4.69, 9.17) is 14.2 Å². The third-order valence-electron chi connectivity index (χ3n) is 4.41. The van der Waals surface area contributed by atoms with E-state index in [0.717, 1.165) is 4.47 Å². The van der Waals surface area contributed by atoms with Crippen molar-refractivity contribution >= 4 is 39.8 Å². The molecule has 3 aromatic carbocycles. The van der Waals surface area contributed by atoms with Crippen LogP contribution in [-0.2, 0) is 9.53 Å².